The summed E-state index contributed by atoms with van der Waals surface area (Å²) in [6.45, 7) is 5.87. The third-order valence-electron chi connectivity index (χ3n) is 4.28. The van der Waals surface area contributed by atoms with Crippen molar-refractivity contribution in [3.05, 3.63) is 74.5 Å². The standard InChI is InChI=1S/C20H19ClN2O2/c1-12-9-13(2)20-17(10-12)23(8-7-18(20)24)11-19(25)22-16-6-4-5-15(21)14(16)3/h4-10H,11H2,1-3H3,(H,22,25). The van der Waals surface area contributed by atoms with Crippen LogP contribution in [0.5, 0.6) is 0 Å². The van der Waals surface area contributed by atoms with E-state index in [1.165, 1.54) is 6.07 Å². The van der Waals surface area contributed by atoms with Crippen LogP contribution in [-0.4, -0.2) is 10.5 Å². The van der Waals surface area contributed by atoms with Crippen LogP contribution in [0.1, 0.15) is 16.7 Å². The Morgan fingerprint density at radius 2 is 1.92 bits per heavy atom. The van der Waals surface area contributed by atoms with Gasteiger partial charge in [-0.25, -0.2) is 0 Å². The molecule has 3 rings (SSSR count). The number of carbonyl (C=O) groups is 1. The van der Waals surface area contributed by atoms with Crippen LogP contribution in [0, 0.1) is 20.8 Å². The monoisotopic (exact) mass is 354 g/mol. The number of aryl methyl sites for hydroxylation is 2. The van der Waals surface area contributed by atoms with Crippen molar-refractivity contribution in [1.29, 1.82) is 0 Å². The summed E-state index contributed by atoms with van der Waals surface area (Å²) in [6.07, 6.45) is 1.66. The molecule has 0 radical (unpaired) electrons. The largest absolute Gasteiger partial charge is 0.338 e. The zero-order chi connectivity index (χ0) is 18.1. The lowest BCUT2D eigenvalue weighted by Gasteiger charge is -2.14. The molecule has 0 saturated heterocycles. The molecule has 4 nitrogen and oxygen atoms in total. The third kappa shape index (κ3) is 3.44. The van der Waals surface area contributed by atoms with Crippen molar-refractivity contribution in [2.45, 2.75) is 27.3 Å². The van der Waals surface area contributed by atoms with Crippen LogP contribution in [0.3, 0.4) is 0 Å². The molecule has 1 N–H and O–H groups in total. The van der Waals surface area contributed by atoms with Crippen molar-refractivity contribution in [2.75, 3.05) is 5.32 Å². The van der Waals surface area contributed by atoms with E-state index in [2.05, 4.69) is 5.32 Å². The van der Waals surface area contributed by atoms with Crippen molar-refractivity contribution < 1.29 is 4.79 Å². The van der Waals surface area contributed by atoms with Gasteiger partial charge in [-0.15, -0.1) is 0 Å². The van der Waals surface area contributed by atoms with Gasteiger partial charge in [0.15, 0.2) is 5.43 Å². The molecule has 5 heteroatoms. The molecule has 0 unspecified atom stereocenters. The molecular formula is C20H19ClN2O2. The van der Waals surface area contributed by atoms with Crippen LogP contribution in [0.2, 0.25) is 5.02 Å². The van der Waals surface area contributed by atoms with Gasteiger partial charge in [0, 0.05) is 28.4 Å². The maximum atomic E-state index is 12.5. The summed E-state index contributed by atoms with van der Waals surface area (Å²) in [7, 11) is 0. The van der Waals surface area contributed by atoms with Gasteiger partial charge in [-0.1, -0.05) is 23.7 Å². The fourth-order valence-corrected chi connectivity index (χ4v) is 3.21. The number of carbonyl (C=O) groups excluding carboxylic acids is 1. The minimum atomic E-state index is -0.172. The number of rotatable bonds is 3. The fraction of sp³-hybridized carbons (Fsp3) is 0.200. The van der Waals surface area contributed by atoms with E-state index in [-0.39, 0.29) is 17.9 Å². The second kappa shape index (κ2) is 6.73. The van der Waals surface area contributed by atoms with E-state index in [0.717, 1.165) is 22.2 Å². The second-order valence-electron chi connectivity index (χ2n) is 6.24. The van der Waals surface area contributed by atoms with Gasteiger partial charge in [0.1, 0.15) is 6.54 Å². The molecular weight excluding hydrogens is 336 g/mol. The van der Waals surface area contributed by atoms with E-state index in [1.807, 2.05) is 39.0 Å². The number of benzene rings is 2. The van der Waals surface area contributed by atoms with Gasteiger partial charge >= 0.3 is 0 Å². The number of pyridine rings is 1. The molecule has 0 aliphatic carbocycles. The minimum Gasteiger partial charge on any atom is -0.338 e. The molecule has 0 bridgehead atoms. The summed E-state index contributed by atoms with van der Waals surface area (Å²) < 4.78 is 1.80. The van der Waals surface area contributed by atoms with Crippen molar-refractivity contribution in [3.63, 3.8) is 0 Å². The summed E-state index contributed by atoms with van der Waals surface area (Å²) in [4.78, 5) is 24.7. The van der Waals surface area contributed by atoms with Gasteiger partial charge in [-0.3, -0.25) is 9.59 Å². The Kier molecular flexibility index (Phi) is 4.64. The molecule has 1 aromatic heterocycles. The average molecular weight is 355 g/mol. The van der Waals surface area contributed by atoms with Crippen LogP contribution in [-0.2, 0) is 11.3 Å². The van der Waals surface area contributed by atoms with Crippen LogP contribution in [0.25, 0.3) is 10.9 Å². The first kappa shape index (κ1) is 17.2. The molecule has 0 aliphatic heterocycles. The number of hydrogen-bond donors (Lipinski definition) is 1. The van der Waals surface area contributed by atoms with Gasteiger partial charge in [0.05, 0.1) is 5.52 Å². The number of halogens is 1. The van der Waals surface area contributed by atoms with E-state index in [1.54, 1.807) is 22.9 Å². The van der Waals surface area contributed by atoms with Crippen molar-refractivity contribution in [2.24, 2.45) is 0 Å². The lowest BCUT2D eigenvalue weighted by atomic mass is 10.1. The van der Waals surface area contributed by atoms with Crippen LogP contribution < -0.4 is 10.7 Å². The molecule has 0 spiro atoms. The Morgan fingerprint density at radius 3 is 2.68 bits per heavy atom. The zero-order valence-electron chi connectivity index (χ0n) is 14.4. The number of nitrogens with one attached hydrogen (secondary N) is 1. The van der Waals surface area contributed by atoms with E-state index in [9.17, 15) is 9.59 Å². The van der Waals surface area contributed by atoms with Crippen LogP contribution >= 0.6 is 11.6 Å². The Balaban J connectivity index is 1.95. The maximum absolute atomic E-state index is 12.5. The van der Waals surface area contributed by atoms with Crippen LogP contribution in [0.15, 0.2) is 47.4 Å². The van der Waals surface area contributed by atoms with Gasteiger partial charge in [0.2, 0.25) is 5.91 Å². The highest BCUT2D eigenvalue weighted by Crippen LogP contribution is 2.23. The number of hydrogen-bond acceptors (Lipinski definition) is 2. The van der Waals surface area contributed by atoms with Gasteiger partial charge < -0.3 is 9.88 Å². The molecule has 0 atom stereocenters. The first-order valence-corrected chi connectivity index (χ1v) is 8.40. The summed E-state index contributed by atoms with van der Waals surface area (Å²) in [5.74, 6) is -0.172. The molecule has 0 aliphatic rings. The van der Waals surface area contributed by atoms with Crippen molar-refractivity contribution >= 4 is 34.1 Å². The SMILES string of the molecule is Cc1cc(C)c2c(=O)ccn(CC(=O)Nc3cccc(Cl)c3C)c2c1. The smallest absolute Gasteiger partial charge is 0.244 e. The molecule has 25 heavy (non-hydrogen) atoms. The normalized spacial score (nSPS) is 10.9. The highest BCUT2D eigenvalue weighted by Gasteiger charge is 2.11. The maximum Gasteiger partial charge on any atom is 0.244 e. The van der Waals surface area contributed by atoms with Gasteiger partial charge in [-0.05, 0) is 55.7 Å². The molecule has 0 saturated carbocycles. The molecule has 0 fully saturated rings. The van der Waals surface area contributed by atoms with Crippen molar-refractivity contribution in [3.8, 4) is 0 Å². The number of fused-ring (bicyclic) bond motifs is 1. The summed E-state index contributed by atoms with van der Waals surface area (Å²) >= 11 is 6.10. The lowest BCUT2D eigenvalue weighted by Crippen LogP contribution is -2.21. The second-order valence-corrected chi connectivity index (χ2v) is 6.65. The Hall–Kier alpha value is -2.59. The van der Waals surface area contributed by atoms with Crippen molar-refractivity contribution in [1.82, 2.24) is 4.57 Å². The number of anilines is 1. The first-order chi connectivity index (χ1) is 11.9. The number of aromatic nitrogens is 1. The van der Waals surface area contributed by atoms with Gasteiger partial charge in [-0.2, -0.15) is 0 Å². The topological polar surface area (TPSA) is 51.1 Å². The van der Waals surface area contributed by atoms with Gasteiger partial charge in [0.25, 0.3) is 0 Å². The summed E-state index contributed by atoms with van der Waals surface area (Å²) in [5.41, 5.74) is 4.22. The highest BCUT2D eigenvalue weighted by molar-refractivity contribution is 6.31. The van der Waals surface area contributed by atoms with E-state index < -0.39 is 0 Å². The fourth-order valence-electron chi connectivity index (χ4n) is 3.04. The quantitative estimate of drug-likeness (QED) is 0.765. The zero-order valence-corrected chi connectivity index (χ0v) is 15.1. The first-order valence-electron chi connectivity index (χ1n) is 8.02. The number of amides is 1. The summed E-state index contributed by atoms with van der Waals surface area (Å²) in [6, 6.07) is 10.8. The minimum absolute atomic E-state index is 0.0326. The lowest BCUT2D eigenvalue weighted by molar-refractivity contribution is -0.116. The molecule has 2 aromatic carbocycles. The number of nitrogens with zero attached hydrogens (tertiary/aromatic N) is 1. The predicted molar refractivity (Wildman–Crippen MR) is 103 cm³/mol. The summed E-state index contributed by atoms with van der Waals surface area (Å²) in [5, 5.41) is 4.15. The van der Waals surface area contributed by atoms with E-state index in [0.29, 0.717) is 16.1 Å². The third-order valence-corrected chi connectivity index (χ3v) is 4.69. The van der Waals surface area contributed by atoms with E-state index in [4.69, 9.17) is 11.6 Å². The molecule has 1 amide bonds. The van der Waals surface area contributed by atoms with Crippen LogP contribution in [0.4, 0.5) is 5.69 Å². The molecule has 128 valence electrons. The van der Waals surface area contributed by atoms with E-state index >= 15 is 0 Å². The highest BCUT2D eigenvalue weighted by atomic mass is 35.5. The Bertz CT molecular complexity index is 1040. The average Bonchev–Trinajstić information content (AvgIpc) is 2.54. The predicted octanol–water partition coefficient (Wildman–Crippen LogP) is 4.22. The molecule has 3 aromatic rings. The molecule has 1 heterocycles. The Labute approximate surface area is 151 Å². The Morgan fingerprint density at radius 1 is 1.16 bits per heavy atom.